The minimum Gasteiger partial charge on any atom is -0.457 e. The fourth-order valence-electron chi connectivity index (χ4n) is 2.42. The van der Waals surface area contributed by atoms with E-state index in [9.17, 15) is 0 Å². The van der Waals surface area contributed by atoms with E-state index < -0.39 is 0 Å². The van der Waals surface area contributed by atoms with Gasteiger partial charge in [-0.2, -0.15) is 0 Å². The lowest BCUT2D eigenvalue weighted by Crippen LogP contribution is -2.05. The van der Waals surface area contributed by atoms with Gasteiger partial charge in [0.15, 0.2) is 0 Å². The largest absolute Gasteiger partial charge is 0.457 e. The van der Waals surface area contributed by atoms with Crippen LogP contribution in [0.2, 0.25) is 0 Å². The van der Waals surface area contributed by atoms with E-state index in [0.717, 1.165) is 22.5 Å². The standard InChI is InChI=1S/C18H22BrNO/c1-12(2)17-8-7-15(9-13(17)3)21-16-6-5-14(11-20-4)18(19)10-16/h5-10,12,20H,11H2,1-4H3. The van der Waals surface area contributed by atoms with E-state index >= 15 is 0 Å². The van der Waals surface area contributed by atoms with E-state index in [1.54, 1.807) is 0 Å². The molecule has 2 aromatic rings. The molecule has 0 spiro atoms. The number of halogens is 1. The third kappa shape index (κ3) is 4.08. The van der Waals surface area contributed by atoms with Crippen molar-refractivity contribution in [3.8, 4) is 11.5 Å². The Balaban J connectivity index is 2.18. The molecule has 112 valence electrons. The molecular weight excluding hydrogens is 326 g/mol. The van der Waals surface area contributed by atoms with E-state index in [1.807, 2.05) is 25.2 Å². The molecule has 0 amide bonds. The second kappa shape index (κ2) is 7.10. The Morgan fingerprint density at radius 2 is 1.76 bits per heavy atom. The van der Waals surface area contributed by atoms with Gasteiger partial charge in [-0.25, -0.2) is 0 Å². The summed E-state index contributed by atoms with van der Waals surface area (Å²) in [5, 5.41) is 3.15. The first-order valence-electron chi connectivity index (χ1n) is 7.22. The molecule has 0 radical (unpaired) electrons. The Morgan fingerprint density at radius 1 is 1.10 bits per heavy atom. The third-order valence-corrected chi connectivity index (χ3v) is 4.23. The van der Waals surface area contributed by atoms with Gasteiger partial charge in [-0.1, -0.05) is 41.9 Å². The molecule has 0 saturated heterocycles. The van der Waals surface area contributed by atoms with Gasteiger partial charge in [0.05, 0.1) is 0 Å². The van der Waals surface area contributed by atoms with Gasteiger partial charge >= 0.3 is 0 Å². The molecule has 21 heavy (non-hydrogen) atoms. The molecule has 2 rings (SSSR count). The number of ether oxygens (including phenoxy) is 1. The number of hydrogen-bond donors (Lipinski definition) is 1. The Kier molecular flexibility index (Phi) is 5.43. The maximum Gasteiger partial charge on any atom is 0.128 e. The Hall–Kier alpha value is -1.32. The van der Waals surface area contributed by atoms with E-state index in [2.05, 4.69) is 60.2 Å². The zero-order valence-corrected chi connectivity index (χ0v) is 14.6. The predicted molar refractivity (Wildman–Crippen MR) is 92.2 cm³/mol. The summed E-state index contributed by atoms with van der Waals surface area (Å²) < 4.78 is 7.02. The van der Waals surface area contributed by atoms with Crippen LogP contribution in [-0.4, -0.2) is 7.05 Å². The van der Waals surface area contributed by atoms with Gasteiger partial charge < -0.3 is 10.1 Å². The highest BCUT2D eigenvalue weighted by atomic mass is 79.9. The number of benzene rings is 2. The molecule has 0 heterocycles. The molecule has 2 aromatic carbocycles. The van der Waals surface area contributed by atoms with Crippen LogP contribution in [0.5, 0.6) is 11.5 Å². The van der Waals surface area contributed by atoms with Crippen LogP contribution in [0.4, 0.5) is 0 Å². The summed E-state index contributed by atoms with van der Waals surface area (Å²) in [4.78, 5) is 0. The van der Waals surface area contributed by atoms with E-state index in [1.165, 1.54) is 16.7 Å². The average Bonchev–Trinajstić information content (AvgIpc) is 2.41. The summed E-state index contributed by atoms with van der Waals surface area (Å²) >= 11 is 3.59. The average molecular weight is 348 g/mol. The van der Waals surface area contributed by atoms with Crippen LogP contribution < -0.4 is 10.1 Å². The lowest BCUT2D eigenvalue weighted by atomic mass is 9.98. The van der Waals surface area contributed by atoms with Crippen molar-refractivity contribution in [3.05, 3.63) is 57.6 Å². The summed E-state index contributed by atoms with van der Waals surface area (Å²) in [6.45, 7) is 7.39. The lowest BCUT2D eigenvalue weighted by Gasteiger charge is -2.13. The minimum absolute atomic E-state index is 0.536. The van der Waals surface area contributed by atoms with Crippen LogP contribution in [0.3, 0.4) is 0 Å². The summed E-state index contributed by atoms with van der Waals surface area (Å²) in [7, 11) is 1.94. The zero-order chi connectivity index (χ0) is 15.4. The van der Waals surface area contributed by atoms with Crippen molar-refractivity contribution in [3.63, 3.8) is 0 Å². The first-order valence-corrected chi connectivity index (χ1v) is 8.02. The van der Waals surface area contributed by atoms with Gasteiger partial charge in [0.2, 0.25) is 0 Å². The normalized spacial score (nSPS) is 11.0. The predicted octanol–water partition coefficient (Wildman–Crippen LogP) is 5.39. The maximum atomic E-state index is 5.96. The smallest absolute Gasteiger partial charge is 0.128 e. The van der Waals surface area contributed by atoms with Gasteiger partial charge in [-0.15, -0.1) is 0 Å². The van der Waals surface area contributed by atoms with Crippen LogP contribution in [0.25, 0.3) is 0 Å². The molecule has 3 heteroatoms. The first-order chi connectivity index (χ1) is 10.0. The Bertz CT molecular complexity index is 623. The van der Waals surface area contributed by atoms with Gasteiger partial charge in [-0.05, 0) is 60.8 Å². The molecule has 0 aliphatic rings. The van der Waals surface area contributed by atoms with Gasteiger partial charge in [0.1, 0.15) is 11.5 Å². The number of rotatable bonds is 5. The quantitative estimate of drug-likeness (QED) is 0.782. The van der Waals surface area contributed by atoms with Crippen molar-refractivity contribution < 1.29 is 4.74 Å². The fraction of sp³-hybridized carbons (Fsp3) is 0.333. The van der Waals surface area contributed by atoms with Crippen molar-refractivity contribution >= 4 is 15.9 Å². The van der Waals surface area contributed by atoms with E-state index in [0.29, 0.717) is 5.92 Å². The molecule has 0 fully saturated rings. The maximum absolute atomic E-state index is 5.96. The second-order valence-electron chi connectivity index (χ2n) is 5.56. The summed E-state index contributed by atoms with van der Waals surface area (Å²) in [5.41, 5.74) is 3.86. The van der Waals surface area contributed by atoms with Crippen LogP contribution in [-0.2, 0) is 6.54 Å². The van der Waals surface area contributed by atoms with Crippen LogP contribution in [0.15, 0.2) is 40.9 Å². The molecule has 0 aliphatic heterocycles. The SMILES string of the molecule is CNCc1ccc(Oc2ccc(C(C)C)c(C)c2)cc1Br. The lowest BCUT2D eigenvalue weighted by molar-refractivity contribution is 0.481. The second-order valence-corrected chi connectivity index (χ2v) is 6.41. The molecule has 1 N–H and O–H groups in total. The monoisotopic (exact) mass is 347 g/mol. The van der Waals surface area contributed by atoms with E-state index in [-0.39, 0.29) is 0 Å². The highest BCUT2D eigenvalue weighted by Crippen LogP contribution is 2.29. The van der Waals surface area contributed by atoms with Gasteiger partial charge in [0.25, 0.3) is 0 Å². The Labute approximate surface area is 135 Å². The molecule has 0 unspecified atom stereocenters. The summed E-state index contributed by atoms with van der Waals surface area (Å²) in [6, 6.07) is 12.4. The summed E-state index contributed by atoms with van der Waals surface area (Å²) in [5.74, 6) is 2.26. The third-order valence-electron chi connectivity index (χ3n) is 3.49. The molecular formula is C18H22BrNO. The van der Waals surface area contributed by atoms with Crippen molar-refractivity contribution in [1.82, 2.24) is 5.32 Å². The van der Waals surface area contributed by atoms with Crippen LogP contribution in [0, 0.1) is 6.92 Å². The highest BCUT2D eigenvalue weighted by molar-refractivity contribution is 9.10. The van der Waals surface area contributed by atoms with Crippen molar-refractivity contribution in [2.75, 3.05) is 7.05 Å². The molecule has 2 nitrogen and oxygen atoms in total. The summed E-state index contributed by atoms with van der Waals surface area (Å²) in [6.07, 6.45) is 0. The Morgan fingerprint density at radius 3 is 2.33 bits per heavy atom. The van der Waals surface area contributed by atoms with E-state index in [4.69, 9.17) is 4.74 Å². The van der Waals surface area contributed by atoms with Crippen molar-refractivity contribution in [2.45, 2.75) is 33.2 Å². The molecule has 0 saturated carbocycles. The minimum atomic E-state index is 0.536. The molecule has 0 atom stereocenters. The topological polar surface area (TPSA) is 21.3 Å². The van der Waals surface area contributed by atoms with Crippen molar-refractivity contribution in [1.29, 1.82) is 0 Å². The number of hydrogen-bond acceptors (Lipinski definition) is 2. The zero-order valence-electron chi connectivity index (χ0n) is 13.0. The van der Waals surface area contributed by atoms with Gasteiger partial charge in [0, 0.05) is 11.0 Å². The molecule has 0 bridgehead atoms. The van der Waals surface area contributed by atoms with Crippen LogP contribution >= 0.6 is 15.9 Å². The molecule has 0 aliphatic carbocycles. The van der Waals surface area contributed by atoms with Crippen LogP contribution in [0.1, 0.15) is 36.5 Å². The van der Waals surface area contributed by atoms with Gasteiger partial charge in [-0.3, -0.25) is 0 Å². The molecule has 0 aromatic heterocycles. The fourth-order valence-corrected chi connectivity index (χ4v) is 2.92. The van der Waals surface area contributed by atoms with Crippen molar-refractivity contribution in [2.24, 2.45) is 0 Å². The number of aryl methyl sites for hydroxylation is 1. The number of nitrogens with one attached hydrogen (secondary N) is 1. The highest BCUT2D eigenvalue weighted by Gasteiger charge is 2.07. The first kappa shape index (κ1) is 16.1.